The lowest BCUT2D eigenvalue weighted by Gasteiger charge is -2.01. The Bertz CT molecular complexity index is 461. The molecule has 0 radical (unpaired) electrons. The fourth-order valence-electron chi connectivity index (χ4n) is 2.20. The van der Waals surface area contributed by atoms with E-state index in [4.69, 9.17) is 0 Å². The van der Waals surface area contributed by atoms with Crippen LogP contribution in [0.2, 0.25) is 0 Å². The number of unbranched alkanes of at least 4 members (excludes halogenated alkanes) is 2. The van der Waals surface area contributed by atoms with Crippen LogP contribution < -0.4 is 5.32 Å². The molecule has 1 N–H and O–H groups in total. The van der Waals surface area contributed by atoms with Crippen LogP contribution in [-0.4, -0.2) is 18.2 Å². The van der Waals surface area contributed by atoms with Gasteiger partial charge in [-0.05, 0) is 51.4 Å². The molecule has 0 spiro atoms. The molecule has 0 fully saturated rings. The van der Waals surface area contributed by atoms with Gasteiger partial charge < -0.3 is 5.32 Å². The van der Waals surface area contributed by atoms with Gasteiger partial charge in [0.25, 0.3) is 0 Å². The Morgan fingerprint density at radius 1 is 0.769 bits per heavy atom. The first-order valence-electron chi connectivity index (χ1n) is 9.93. The van der Waals surface area contributed by atoms with E-state index in [1.54, 1.807) is 0 Å². The number of nitrogens with one attached hydrogen (secondary N) is 1. The normalized spacial score (nSPS) is 12.5. The molecular formula is C23H37NOS. The molecule has 0 saturated heterocycles. The highest BCUT2D eigenvalue weighted by Gasteiger charge is 1.98. The van der Waals surface area contributed by atoms with Gasteiger partial charge in [-0.2, -0.15) is 12.6 Å². The largest absolute Gasteiger partial charge is 0.355 e. The summed E-state index contributed by atoms with van der Waals surface area (Å²) >= 11 is 4.07. The molecule has 146 valence electrons. The van der Waals surface area contributed by atoms with Gasteiger partial charge >= 0.3 is 0 Å². The first-order valence-corrected chi connectivity index (χ1v) is 10.6. The van der Waals surface area contributed by atoms with Crippen molar-refractivity contribution < 1.29 is 4.79 Å². The Morgan fingerprint density at radius 3 is 1.77 bits per heavy atom. The highest BCUT2D eigenvalue weighted by molar-refractivity contribution is 7.80. The number of carbonyl (C=O) groups is 1. The second-order valence-electron chi connectivity index (χ2n) is 6.03. The Kier molecular flexibility index (Phi) is 20.3. The molecule has 26 heavy (non-hydrogen) atoms. The number of allylic oxidation sites excluding steroid dienone is 10. The van der Waals surface area contributed by atoms with Crippen molar-refractivity contribution in [3.05, 3.63) is 60.8 Å². The average Bonchev–Trinajstić information content (AvgIpc) is 2.65. The van der Waals surface area contributed by atoms with Crippen LogP contribution >= 0.6 is 12.6 Å². The number of carbonyl (C=O) groups excluding carboxylic acids is 1. The first-order chi connectivity index (χ1) is 12.8. The lowest BCUT2D eigenvalue weighted by atomic mass is 10.1. The summed E-state index contributed by atoms with van der Waals surface area (Å²) in [6.07, 6.45) is 30.9. The summed E-state index contributed by atoms with van der Waals surface area (Å²) in [5, 5.41) is 2.83. The predicted molar refractivity (Wildman–Crippen MR) is 120 cm³/mol. The Balaban J connectivity index is 3.46. The van der Waals surface area contributed by atoms with Crippen molar-refractivity contribution in [3.63, 3.8) is 0 Å². The van der Waals surface area contributed by atoms with Crippen LogP contribution in [0, 0.1) is 0 Å². The van der Waals surface area contributed by atoms with Crippen molar-refractivity contribution in [2.45, 2.75) is 64.7 Å². The number of hydrogen-bond donors (Lipinski definition) is 2. The van der Waals surface area contributed by atoms with Crippen molar-refractivity contribution in [2.75, 3.05) is 12.3 Å². The first kappa shape index (κ1) is 24.5. The minimum Gasteiger partial charge on any atom is -0.355 e. The maximum Gasteiger partial charge on any atom is 0.220 e. The van der Waals surface area contributed by atoms with Crippen LogP contribution in [0.25, 0.3) is 0 Å². The lowest BCUT2D eigenvalue weighted by molar-refractivity contribution is -0.121. The van der Waals surface area contributed by atoms with Gasteiger partial charge in [-0.3, -0.25) is 4.79 Å². The second kappa shape index (κ2) is 21.6. The van der Waals surface area contributed by atoms with E-state index in [1.807, 2.05) is 0 Å². The van der Waals surface area contributed by atoms with Gasteiger partial charge in [0.2, 0.25) is 5.91 Å². The summed E-state index contributed by atoms with van der Waals surface area (Å²) in [6.45, 7) is 2.82. The quantitative estimate of drug-likeness (QED) is 0.184. The monoisotopic (exact) mass is 375 g/mol. The highest BCUT2D eigenvalue weighted by atomic mass is 32.1. The molecule has 0 bridgehead atoms. The molecular weight excluding hydrogens is 338 g/mol. The number of hydrogen-bond acceptors (Lipinski definition) is 2. The predicted octanol–water partition coefficient (Wildman–Crippen LogP) is 6.34. The molecule has 1 amide bonds. The minimum atomic E-state index is 0.142. The molecule has 0 aromatic rings. The third-order valence-corrected chi connectivity index (χ3v) is 3.84. The summed E-state index contributed by atoms with van der Waals surface area (Å²) in [6, 6.07) is 0. The van der Waals surface area contributed by atoms with E-state index in [0.717, 1.165) is 51.4 Å². The molecule has 0 rings (SSSR count). The Morgan fingerprint density at radius 2 is 1.27 bits per heavy atom. The Hall–Kier alpha value is -1.48. The van der Waals surface area contributed by atoms with E-state index in [1.165, 1.54) is 0 Å². The molecule has 2 nitrogen and oxygen atoms in total. The van der Waals surface area contributed by atoms with Crippen LogP contribution in [0.1, 0.15) is 64.7 Å². The summed E-state index contributed by atoms with van der Waals surface area (Å²) in [5.74, 6) is 0.842. The third kappa shape index (κ3) is 20.6. The summed E-state index contributed by atoms with van der Waals surface area (Å²) in [5.41, 5.74) is 0. The van der Waals surface area contributed by atoms with Crippen LogP contribution in [0.3, 0.4) is 0 Å². The third-order valence-electron chi connectivity index (χ3n) is 3.62. The van der Waals surface area contributed by atoms with E-state index >= 15 is 0 Å². The van der Waals surface area contributed by atoms with Crippen LogP contribution in [0.5, 0.6) is 0 Å². The molecule has 0 aliphatic rings. The van der Waals surface area contributed by atoms with Gasteiger partial charge in [0.1, 0.15) is 0 Å². The van der Waals surface area contributed by atoms with Crippen molar-refractivity contribution in [2.24, 2.45) is 0 Å². The molecule has 0 aliphatic heterocycles. The molecule has 0 saturated carbocycles. The van der Waals surface area contributed by atoms with Gasteiger partial charge in [-0.25, -0.2) is 0 Å². The molecule has 0 aromatic heterocycles. The average molecular weight is 376 g/mol. The van der Waals surface area contributed by atoms with Gasteiger partial charge in [-0.15, -0.1) is 0 Å². The fourth-order valence-corrected chi connectivity index (χ4v) is 2.31. The van der Waals surface area contributed by atoms with Crippen LogP contribution in [0.4, 0.5) is 0 Å². The molecule has 0 atom stereocenters. The van der Waals surface area contributed by atoms with Gasteiger partial charge in [0.05, 0.1) is 0 Å². The zero-order valence-corrected chi connectivity index (χ0v) is 17.3. The van der Waals surface area contributed by atoms with Gasteiger partial charge in [0.15, 0.2) is 0 Å². The fraction of sp³-hybridized carbons (Fsp3) is 0.522. The lowest BCUT2D eigenvalue weighted by Crippen LogP contribution is -2.24. The summed E-state index contributed by atoms with van der Waals surface area (Å²) in [4.78, 5) is 11.4. The highest BCUT2D eigenvalue weighted by Crippen LogP contribution is 2.02. The van der Waals surface area contributed by atoms with Gasteiger partial charge in [0, 0.05) is 18.7 Å². The Labute approximate surface area is 166 Å². The number of thiol groups is 1. The smallest absolute Gasteiger partial charge is 0.220 e. The van der Waals surface area contributed by atoms with Crippen LogP contribution in [-0.2, 0) is 4.79 Å². The zero-order chi connectivity index (χ0) is 19.1. The topological polar surface area (TPSA) is 29.1 Å². The number of amides is 1. The maximum atomic E-state index is 11.4. The SMILES string of the molecule is CCC=CCC=CCC=CCC=CCC=CCCCCC(=O)NCCS. The van der Waals surface area contributed by atoms with Gasteiger partial charge in [-0.1, -0.05) is 67.7 Å². The molecule has 3 heteroatoms. The number of rotatable bonds is 16. The van der Waals surface area contributed by atoms with E-state index < -0.39 is 0 Å². The van der Waals surface area contributed by atoms with E-state index in [0.29, 0.717) is 18.7 Å². The van der Waals surface area contributed by atoms with Crippen molar-refractivity contribution >= 4 is 18.5 Å². The van der Waals surface area contributed by atoms with E-state index in [2.05, 4.69) is 85.6 Å². The zero-order valence-electron chi connectivity index (χ0n) is 16.4. The molecule has 0 aromatic carbocycles. The minimum absolute atomic E-state index is 0.142. The molecule has 0 aliphatic carbocycles. The van der Waals surface area contributed by atoms with E-state index in [9.17, 15) is 4.79 Å². The maximum absolute atomic E-state index is 11.4. The molecule has 0 heterocycles. The standard InChI is InChI=1S/C23H37NOS/c1-2-3-4-5-6-7-8-9-10-11-12-13-14-15-16-17-18-19-20-23(25)24-21-22-26/h3-4,6-7,9-10,12-13,15-16,26H,2,5,8,11,14,17-22H2,1H3,(H,24,25). The van der Waals surface area contributed by atoms with Crippen molar-refractivity contribution in [3.8, 4) is 0 Å². The second-order valence-corrected chi connectivity index (χ2v) is 6.47. The van der Waals surface area contributed by atoms with E-state index in [-0.39, 0.29) is 5.91 Å². The molecule has 0 unspecified atom stereocenters. The van der Waals surface area contributed by atoms with Crippen molar-refractivity contribution in [1.29, 1.82) is 0 Å². The summed E-state index contributed by atoms with van der Waals surface area (Å²) < 4.78 is 0. The summed E-state index contributed by atoms with van der Waals surface area (Å²) in [7, 11) is 0. The van der Waals surface area contributed by atoms with Crippen molar-refractivity contribution in [1.82, 2.24) is 5.32 Å². The van der Waals surface area contributed by atoms with Crippen LogP contribution in [0.15, 0.2) is 60.8 Å².